The van der Waals surface area contributed by atoms with E-state index in [9.17, 15) is 4.79 Å². The van der Waals surface area contributed by atoms with Crippen molar-refractivity contribution in [2.24, 2.45) is 0 Å². The second-order valence-electron chi connectivity index (χ2n) is 6.59. The number of ether oxygens (including phenoxy) is 1. The molecule has 0 spiro atoms. The van der Waals surface area contributed by atoms with Crippen LogP contribution in [0.2, 0.25) is 0 Å². The number of aryl methyl sites for hydroxylation is 1. The van der Waals surface area contributed by atoms with E-state index in [0.717, 1.165) is 12.8 Å². The van der Waals surface area contributed by atoms with Crippen LogP contribution in [0.15, 0.2) is 28.8 Å². The first-order valence-corrected chi connectivity index (χ1v) is 9.19. The number of carbonyl (C=O) groups is 1. The SMILES string of the molecule is CNC(=O)c1cnc(NC2CC2)nc1Nc1cccc(-c2nnc(C)o2)c1OC. The first kappa shape index (κ1) is 18.7. The van der Waals surface area contributed by atoms with Crippen molar-refractivity contribution in [3.8, 4) is 17.2 Å². The zero-order valence-corrected chi connectivity index (χ0v) is 16.3. The van der Waals surface area contributed by atoms with Gasteiger partial charge in [0.2, 0.25) is 11.8 Å². The maximum absolute atomic E-state index is 12.3. The number of aromatic nitrogens is 4. The molecule has 1 aliphatic rings. The minimum Gasteiger partial charge on any atom is -0.494 e. The van der Waals surface area contributed by atoms with Gasteiger partial charge in [-0.3, -0.25) is 4.79 Å². The second kappa shape index (κ2) is 7.74. The molecule has 0 bridgehead atoms. The van der Waals surface area contributed by atoms with Gasteiger partial charge >= 0.3 is 0 Å². The fourth-order valence-electron chi connectivity index (χ4n) is 2.81. The van der Waals surface area contributed by atoms with E-state index in [4.69, 9.17) is 9.15 Å². The van der Waals surface area contributed by atoms with Crippen LogP contribution in [0.25, 0.3) is 11.5 Å². The summed E-state index contributed by atoms with van der Waals surface area (Å²) in [5.41, 5.74) is 1.54. The van der Waals surface area contributed by atoms with E-state index in [1.54, 1.807) is 21.1 Å². The number of amides is 1. The lowest BCUT2D eigenvalue weighted by Gasteiger charge is -2.15. The average Bonchev–Trinajstić information content (AvgIpc) is 3.44. The summed E-state index contributed by atoms with van der Waals surface area (Å²) in [6.45, 7) is 1.72. The smallest absolute Gasteiger partial charge is 0.256 e. The van der Waals surface area contributed by atoms with Gasteiger partial charge in [0.15, 0.2) is 5.75 Å². The minimum absolute atomic E-state index is 0.298. The van der Waals surface area contributed by atoms with E-state index in [2.05, 4.69) is 36.1 Å². The van der Waals surface area contributed by atoms with E-state index in [-0.39, 0.29) is 5.91 Å². The lowest BCUT2D eigenvalue weighted by Crippen LogP contribution is -2.21. The van der Waals surface area contributed by atoms with Gasteiger partial charge in [-0.2, -0.15) is 4.98 Å². The molecule has 10 nitrogen and oxygen atoms in total. The Morgan fingerprint density at radius 1 is 1.28 bits per heavy atom. The van der Waals surface area contributed by atoms with Gasteiger partial charge < -0.3 is 25.1 Å². The molecular weight excluding hydrogens is 374 g/mol. The summed E-state index contributed by atoms with van der Waals surface area (Å²) in [5, 5.41) is 17.0. The van der Waals surface area contributed by atoms with Gasteiger partial charge in [-0.15, -0.1) is 10.2 Å². The molecule has 3 aromatic rings. The molecule has 2 aromatic heterocycles. The molecule has 2 heterocycles. The fourth-order valence-corrected chi connectivity index (χ4v) is 2.81. The third-order valence-electron chi connectivity index (χ3n) is 4.40. The van der Waals surface area contributed by atoms with Crippen LogP contribution in [0.4, 0.5) is 17.5 Å². The van der Waals surface area contributed by atoms with Gasteiger partial charge in [-0.1, -0.05) is 6.07 Å². The van der Waals surface area contributed by atoms with E-state index < -0.39 is 0 Å². The number of nitrogens with one attached hydrogen (secondary N) is 3. The molecule has 1 saturated carbocycles. The van der Waals surface area contributed by atoms with Crippen LogP contribution in [0.5, 0.6) is 5.75 Å². The molecular formula is C19H21N7O3. The summed E-state index contributed by atoms with van der Waals surface area (Å²) in [5.74, 6) is 1.81. The highest BCUT2D eigenvalue weighted by atomic mass is 16.5. The Hall–Kier alpha value is -3.69. The van der Waals surface area contributed by atoms with Gasteiger partial charge in [-0.05, 0) is 25.0 Å². The minimum atomic E-state index is -0.298. The number of hydrogen-bond donors (Lipinski definition) is 3. The number of anilines is 3. The molecule has 1 aliphatic carbocycles. The number of hydrogen-bond acceptors (Lipinski definition) is 9. The Morgan fingerprint density at radius 3 is 2.76 bits per heavy atom. The molecule has 150 valence electrons. The molecule has 1 aromatic carbocycles. The average molecular weight is 395 g/mol. The van der Waals surface area contributed by atoms with E-state index in [1.165, 1.54) is 6.20 Å². The summed E-state index contributed by atoms with van der Waals surface area (Å²) in [4.78, 5) is 21.1. The third kappa shape index (κ3) is 3.96. The highest BCUT2D eigenvalue weighted by Crippen LogP contribution is 2.37. The van der Waals surface area contributed by atoms with Crippen molar-refractivity contribution >= 4 is 23.4 Å². The maximum atomic E-state index is 12.3. The number of methoxy groups -OCH3 is 1. The predicted octanol–water partition coefficient (Wildman–Crippen LogP) is 2.52. The van der Waals surface area contributed by atoms with Gasteiger partial charge in [-0.25, -0.2) is 4.98 Å². The summed E-state index contributed by atoms with van der Waals surface area (Å²) in [6, 6.07) is 5.84. The van der Waals surface area contributed by atoms with Crippen molar-refractivity contribution < 1.29 is 13.9 Å². The molecule has 1 fully saturated rings. The highest BCUT2D eigenvalue weighted by Gasteiger charge is 2.24. The van der Waals surface area contributed by atoms with Gasteiger partial charge in [0.25, 0.3) is 11.8 Å². The Balaban J connectivity index is 1.73. The predicted molar refractivity (Wildman–Crippen MR) is 106 cm³/mol. The Bertz CT molecular complexity index is 1050. The Kier molecular flexibility index (Phi) is 4.98. The van der Waals surface area contributed by atoms with E-state index >= 15 is 0 Å². The highest BCUT2D eigenvalue weighted by molar-refractivity contribution is 5.99. The van der Waals surface area contributed by atoms with Gasteiger partial charge in [0.05, 0.1) is 18.4 Å². The summed E-state index contributed by atoms with van der Waals surface area (Å²) in [7, 11) is 3.11. The largest absolute Gasteiger partial charge is 0.494 e. The molecule has 0 saturated heterocycles. The first-order chi connectivity index (χ1) is 14.1. The van der Waals surface area contributed by atoms with Crippen molar-refractivity contribution in [3.63, 3.8) is 0 Å². The molecule has 29 heavy (non-hydrogen) atoms. The van der Waals surface area contributed by atoms with Gasteiger partial charge in [0, 0.05) is 26.2 Å². The Morgan fingerprint density at radius 2 is 2.10 bits per heavy atom. The zero-order valence-electron chi connectivity index (χ0n) is 16.3. The Labute approximate surface area is 167 Å². The first-order valence-electron chi connectivity index (χ1n) is 9.19. The number of benzene rings is 1. The normalized spacial score (nSPS) is 13.1. The quantitative estimate of drug-likeness (QED) is 0.553. The number of para-hydroxylation sites is 1. The maximum Gasteiger partial charge on any atom is 0.256 e. The third-order valence-corrected chi connectivity index (χ3v) is 4.40. The molecule has 10 heteroatoms. The van der Waals surface area contributed by atoms with E-state index in [1.807, 2.05) is 18.2 Å². The lowest BCUT2D eigenvalue weighted by molar-refractivity contribution is 0.0963. The molecule has 4 rings (SSSR count). The number of carbonyl (C=O) groups excluding carboxylic acids is 1. The van der Waals surface area contributed by atoms with Crippen LogP contribution >= 0.6 is 0 Å². The van der Waals surface area contributed by atoms with Crippen LogP contribution in [0.3, 0.4) is 0 Å². The monoisotopic (exact) mass is 395 g/mol. The van der Waals surface area contributed by atoms with E-state index in [0.29, 0.717) is 52.2 Å². The summed E-state index contributed by atoms with van der Waals surface area (Å²) < 4.78 is 11.1. The standard InChI is InChI=1S/C19H21N7O3/c1-10-25-26-18(29-10)12-5-4-6-14(15(12)28-3)23-16-13(17(27)20-2)9-21-19(24-16)22-11-7-8-11/h4-6,9,11H,7-8H2,1-3H3,(H,20,27)(H2,21,22,23,24). The van der Waals surface area contributed by atoms with Crippen LogP contribution in [0.1, 0.15) is 29.1 Å². The molecule has 1 amide bonds. The zero-order chi connectivity index (χ0) is 20.4. The lowest BCUT2D eigenvalue weighted by atomic mass is 10.1. The number of rotatable bonds is 7. The molecule has 3 N–H and O–H groups in total. The van der Waals surface area contributed by atoms with Gasteiger partial charge in [0.1, 0.15) is 11.4 Å². The van der Waals surface area contributed by atoms with Crippen molar-refractivity contribution in [2.45, 2.75) is 25.8 Å². The summed E-state index contributed by atoms with van der Waals surface area (Å²) >= 11 is 0. The second-order valence-corrected chi connectivity index (χ2v) is 6.59. The molecule has 0 aliphatic heterocycles. The van der Waals surface area contributed by atoms with Crippen molar-refractivity contribution in [1.82, 2.24) is 25.5 Å². The van der Waals surface area contributed by atoms with Crippen LogP contribution in [-0.4, -0.2) is 46.3 Å². The summed E-state index contributed by atoms with van der Waals surface area (Å²) in [6.07, 6.45) is 3.67. The van der Waals surface area contributed by atoms with Crippen molar-refractivity contribution in [3.05, 3.63) is 35.9 Å². The van der Waals surface area contributed by atoms with Crippen LogP contribution in [-0.2, 0) is 0 Å². The van der Waals surface area contributed by atoms with Crippen molar-refractivity contribution in [2.75, 3.05) is 24.8 Å². The van der Waals surface area contributed by atoms with Crippen LogP contribution in [0, 0.1) is 6.92 Å². The van der Waals surface area contributed by atoms with Crippen molar-refractivity contribution in [1.29, 1.82) is 0 Å². The molecule has 0 radical (unpaired) electrons. The molecule has 0 atom stereocenters. The fraction of sp³-hybridized carbons (Fsp3) is 0.316. The number of nitrogens with zero attached hydrogens (tertiary/aromatic N) is 4. The topological polar surface area (TPSA) is 127 Å². The van der Waals surface area contributed by atoms with Crippen LogP contribution < -0.4 is 20.7 Å². The molecule has 0 unspecified atom stereocenters.